The van der Waals surface area contributed by atoms with Crippen LogP contribution in [-0.4, -0.2) is 34.2 Å². The second kappa shape index (κ2) is 8.17. The largest absolute Gasteiger partial charge is 0.452 e. The smallest absolute Gasteiger partial charge is 0.342 e. The third-order valence-corrected chi connectivity index (χ3v) is 4.02. The number of hydrogen-bond donors (Lipinski definition) is 2. The van der Waals surface area contributed by atoms with Gasteiger partial charge in [-0.25, -0.2) is 9.48 Å². The van der Waals surface area contributed by atoms with Crippen molar-refractivity contribution in [2.24, 2.45) is 5.73 Å². The molecule has 28 heavy (non-hydrogen) atoms. The lowest BCUT2D eigenvalue weighted by molar-refractivity contribution is -0.119. The molecule has 0 spiro atoms. The number of hydrogen-bond acceptors (Lipinski definition) is 5. The highest BCUT2D eigenvalue weighted by Crippen LogP contribution is 2.15. The van der Waals surface area contributed by atoms with Crippen molar-refractivity contribution in [3.63, 3.8) is 0 Å². The molecule has 142 valence electrons. The van der Waals surface area contributed by atoms with Crippen molar-refractivity contribution >= 4 is 23.5 Å². The molecule has 2 aromatic carbocycles. The van der Waals surface area contributed by atoms with E-state index in [9.17, 15) is 14.4 Å². The summed E-state index contributed by atoms with van der Waals surface area (Å²) >= 11 is 0. The summed E-state index contributed by atoms with van der Waals surface area (Å²) in [5, 5.41) is 6.77. The molecule has 0 aliphatic carbocycles. The number of nitrogens with zero attached hydrogens (tertiary/aromatic N) is 2. The Bertz CT molecular complexity index is 1010. The third-order valence-electron chi connectivity index (χ3n) is 4.02. The van der Waals surface area contributed by atoms with E-state index in [0.29, 0.717) is 16.9 Å². The Morgan fingerprint density at radius 3 is 2.39 bits per heavy atom. The molecule has 0 saturated heterocycles. The molecular formula is C20H18N4O4. The fourth-order valence-corrected chi connectivity index (χ4v) is 2.56. The molecule has 0 unspecified atom stereocenters. The molecule has 0 bridgehead atoms. The van der Waals surface area contributed by atoms with Crippen LogP contribution >= 0.6 is 0 Å². The Kier molecular flexibility index (Phi) is 5.50. The molecule has 0 radical (unpaired) electrons. The summed E-state index contributed by atoms with van der Waals surface area (Å²) in [5.74, 6) is -1.70. The first-order valence-electron chi connectivity index (χ1n) is 8.42. The average molecular weight is 378 g/mol. The van der Waals surface area contributed by atoms with Crippen molar-refractivity contribution in [2.75, 3.05) is 11.9 Å². The standard InChI is InChI=1S/C20H18N4O4/c1-13-17(11-22-24(13)16-5-3-2-4-6-16)20(27)28-12-18(25)23-15-9-7-14(8-10-15)19(21)26/h2-11H,12H2,1H3,(H2,21,26)(H,23,25). The van der Waals surface area contributed by atoms with Crippen molar-refractivity contribution in [1.82, 2.24) is 9.78 Å². The van der Waals surface area contributed by atoms with Crippen LogP contribution in [0.2, 0.25) is 0 Å². The summed E-state index contributed by atoms with van der Waals surface area (Å²) in [6.07, 6.45) is 1.41. The van der Waals surface area contributed by atoms with Crippen LogP contribution in [0, 0.1) is 6.92 Å². The second-order valence-electron chi connectivity index (χ2n) is 5.96. The third kappa shape index (κ3) is 4.24. The fourth-order valence-electron chi connectivity index (χ4n) is 2.56. The molecule has 1 heterocycles. The molecule has 0 fully saturated rings. The number of carbonyl (C=O) groups is 3. The number of para-hydroxylation sites is 1. The Hall–Kier alpha value is -3.94. The van der Waals surface area contributed by atoms with Gasteiger partial charge in [0.2, 0.25) is 5.91 Å². The van der Waals surface area contributed by atoms with Gasteiger partial charge >= 0.3 is 5.97 Å². The first-order valence-corrected chi connectivity index (χ1v) is 8.42. The number of aromatic nitrogens is 2. The predicted octanol–water partition coefficient (Wildman–Crippen LogP) is 2.08. The predicted molar refractivity (Wildman–Crippen MR) is 102 cm³/mol. The van der Waals surface area contributed by atoms with Gasteiger partial charge in [-0.1, -0.05) is 18.2 Å². The lowest BCUT2D eigenvalue weighted by atomic mass is 10.2. The molecular weight excluding hydrogens is 360 g/mol. The van der Waals surface area contributed by atoms with Crippen LogP contribution in [0.3, 0.4) is 0 Å². The molecule has 8 heteroatoms. The number of primary amides is 1. The van der Waals surface area contributed by atoms with E-state index >= 15 is 0 Å². The van der Waals surface area contributed by atoms with Gasteiger partial charge in [0.25, 0.3) is 5.91 Å². The minimum Gasteiger partial charge on any atom is -0.452 e. The van der Waals surface area contributed by atoms with Crippen molar-refractivity contribution in [1.29, 1.82) is 0 Å². The molecule has 1 aromatic heterocycles. The maximum absolute atomic E-state index is 12.3. The zero-order valence-electron chi connectivity index (χ0n) is 15.1. The molecule has 3 aromatic rings. The van der Waals surface area contributed by atoms with Crippen LogP contribution in [0.15, 0.2) is 60.8 Å². The van der Waals surface area contributed by atoms with Crippen molar-refractivity contribution in [3.8, 4) is 5.69 Å². The summed E-state index contributed by atoms with van der Waals surface area (Å²) in [7, 11) is 0. The fraction of sp³-hybridized carbons (Fsp3) is 0.100. The van der Waals surface area contributed by atoms with Gasteiger partial charge in [0.1, 0.15) is 5.56 Å². The lowest BCUT2D eigenvalue weighted by Crippen LogP contribution is -2.21. The molecule has 0 atom stereocenters. The molecule has 8 nitrogen and oxygen atoms in total. The van der Waals surface area contributed by atoms with Gasteiger partial charge in [0, 0.05) is 11.3 Å². The lowest BCUT2D eigenvalue weighted by Gasteiger charge is -2.07. The van der Waals surface area contributed by atoms with Gasteiger partial charge < -0.3 is 15.8 Å². The van der Waals surface area contributed by atoms with E-state index in [1.54, 1.807) is 11.6 Å². The molecule has 3 rings (SSSR count). The van der Waals surface area contributed by atoms with Crippen molar-refractivity contribution in [2.45, 2.75) is 6.92 Å². The SMILES string of the molecule is Cc1c(C(=O)OCC(=O)Nc2ccc(C(N)=O)cc2)cnn1-c1ccccc1. The number of benzene rings is 2. The second-order valence-corrected chi connectivity index (χ2v) is 5.96. The summed E-state index contributed by atoms with van der Waals surface area (Å²) in [6.45, 7) is 1.29. The number of carbonyl (C=O) groups excluding carboxylic acids is 3. The Balaban J connectivity index is 1.59. The van der Waals surface area contributed by atoms with E-state index in [-0.39, 0.29) is 5.56 Å². The molecule has 0 aliphatic rings. The monoisotopic (exact) mass is 378 g/mol. The van der Waals surface area contributed by atoms with E-state index in [1.165, 1.54) is 30.5 Å². The number of ether oxygens (including phenoxy) is 1. The van der Waals surface area contributed by atoms with Crippen LogP contribution in [0.1, 0.15) is 26.4 Å². The van der Waals surface area contributed by atoms with Gasteiger partial charge in [-0.2, -0.15) is 5.10 Å². The minimum absolute atomic E-state index is 0.280. The highest BCUT2D eigenvalue weighted by Gasteiger charge is 2.17. The van der Waals surface area contributed by atoms with Crippen LogP contribution in [0.5, 0.6) is 0 Å². The quantitative estimate of drug-likeness (QED) is 0.637. The number of esters is 1. The van der Waals surface area contributed by atoms with Crippen LogP contribution in [0.25, 0.3) is 5.69 Å². The van der Waals surface area contributed by atoms with Crippen LogP contribution in [-0.2, 0) is 9.53 Å². The minimum atomic E-state index is -0.640. The molecule has 0 saturated carbocycles. The Morgan fingerprint density at radius 2 is 1.75 bits per heavy atom. The van der Waals surface area contributed by atoms with Gasteiger partial charge in [-0.05, 0) is 43.3 Å². The maximum Gasteiger partial charge on any atom is 0.342 e. The summed E-state index contributed by atoms with van der Waals surface area (Å²) in [5.41, 5.74) is 7.65. The zero-order chi connectivity index (χ0) is 20.1. The first-order chi connectivity index (χ1) is 13.5. The number of rotatable bonds is 6. The van der Waals surface area contributed by atoms with Gasteiger partial charge in [-0.15, -0.1) is 0 Å². The normalized spacial score (nSPS) is 10.3. The number of anilines is 1. The van der Waals surface area contributed by atoms with Gasteiger partial charge in [0.15, 0.2) is 6.61 Å². The van der Waals surface area contributed by atoms with E-state index in [4.69, 9.17) is 10.5 Å². The number of nitrogens with one attached hydrogen (secondary N) is 1. The van der Waals surface area contributed by atoms with E-state index in [0.717, 1.165) is 5.69 Å². The van der Waals surface area contributed by atoms with Crippen molar-refractivity contribution in [3.05, 3.63) is 77.6 Å². The number of nitrogens with two attached hydrogens (primary N) is 1. The Morgan fingerprint density at radius 1 is 1.07 bits per heavy atom. The van der Waals surface area contributed by atoms with Gasteiger partial charge in [-0.3, -0.25) is 9.59 Å². The Labute approximate surface area is 160 Å². The van der Waals surface area contributed by atoms with Crippen molar-refractivity contribution < 1.29 is 19.1 Å². The van der Waals surface area contributed by atoms with E-state index in [1.807, 2.05) is 30.3 Å². The first kappa shape index (κ1) is 18.8. The average Bonchev–Trinajstić information content (AvgIpc) is 3.08. The van der Waals surface area contributed by atoms with Crippen LogP contribution in [0.4, 0.5) is 5.69 Å². The summed E-state index contributed by atoms with van der Waals surface area (Å²) < 4.78 is 6.70. The number of amides is 2. The van der Waals surface area contributed by atoms with E-state index < -0.39 is 24.4 Å². The molecule has 2 amide bonds. The highest BCUT2D eigenvalue weighted by molar-refractivity contribution is 5.97. The molecule has 0 aliphatic heterocycles. The highest BCUT2D eigenvalue weighted by atomic mass is 16.5. The topological polar surface area (TPSA) is 116 Å². The summed E-state index contributed by atoms with van der Waals surface area (Å²) in [6, 6.07) is 15.4. The van der Waals surface area contributed by atoms with Gasteiger partial charge in [0.05, 0.1) is 17.6 Å². The molecule has 3 N–H and O–H groups in total. The van der Waals surface area contributed by atoms with Crippen LogP contribution < -0.4 is 11.1 Å². The van der Waals surface area contributed by atoms with E-state index in [2.05, 4.69) is 10.4 Å². The summed E-state index contributed by atoms with van der Waals surface area (Å²) in [4.78, 5) is 35.3. The maximum atomic E-state index is 12.3. The zero-order valence-corrected chi connectivity index (χ0v) is 15.1.